The lowest BCUT2D eigenvalue weighted by atomic mass is 10.3. The second-order valence-electron chi connectivity index (χ2n) is 3.09. The quantitative estimate of drug-likeness (QED) is 0.796. The normalized spacial score (nSPS) is 10.2. The first-order valence-corrected chi connectivity index (χ1v) is 5.63. The highest BCUT2D eigenvalue weighted by Gasteiger charge is 2.02. The summed E-state index contributed by atoms with van der Waals surface area (Å²) in [6, 6.07) is 10.5. The number of benzene rings is 1. The molecular formula is C11H7Cl3N2. The zero-order valence-corrected chi connectivity index (χ0v) is 10.3. The lowest BCUT2D eigenvalue weighted by molar-refractivity contribution is 1.31. The van der Waals surface area contributed by atoms with E-state index in [2.05, 4.69) is 10.3 Å². The number of aromatic nitrogens is 1. The number of pyridine rings is 1. The molecule has 0 bridgehead atoms. The largest absolute Gasteiger partial charge is 0.339 e. The summed E-state index contributed by atoms with van der Waals surface area (Å²) in [5.41, 5.74) is 0.737. The fourth-order valence-electron chi connectivity index (χ4n) is 1.21. The smallest absolute Gasteiger partial charge is 0.132 e. The molecule has 2 nitrogen and oxygen atoms in total. The van der Waals surface area contributed by atoms with Gasteiger partial charge in [-0.05, 0) is 30.3 Å². The van der Waals surface area contributed by atoms with Gasteiger partial charge in [0, 0.05) is 5.02 Å². The standard InChI is InChI=1S/C11H7Cl3N2/c12-7-4-5-9(8(13)6-7)15-11-3-1-2-10(14)16-11/h1-6H,(H,15,16). The highest BCUT2D eigenvalue weighted by Crippen LogP contribution is 2.27. The van der Waals surface area contributed by atoms with Crippen LogP contribution in [0, 0.1) is 0 Å². The van der Waals surface area contributed by atoms with Crippen LogP contribution in [0.3, 0.4) is 0 Å². The number of halogens is 3. The number of hydrogen-bond donors (Lipinski definition) is 1. The Bertz CT molecular complexity index is 514. The van der Waals surface area contributed by atoms with Crippen molar-refractivity contribution in [1.82, 2.24) is 4.98 Å². The molecule has 0 saturated carbocycles. The average molecular weight is 274 g/mol. The second-order valence-corrected chi connectivity index (χ2v) is 4.33. The van der Waals surface area contributed by atoms with Gasteiger partial charge in [-0.15, -0.1) is 0 Å². The second kappa shape index (κ2) is 4.91. The Morgan fingerprint density at radius 3 is 2.50 bits per heavy atom. The Kier molecular flexibility index (Phi) is 3.54. The summed E-state index contributed by atoms with van der Waals surface area (Å²) in [6.45, 7) is 0. The van der Waals surface area contributed by atoms with Crippen LogP contribution in [0.25, 0.3) is 0 Å². The Morgan fingerprint density at radius 2 is 1.81 bits per heavy atom. The molecular weight excluding hydrogens is 266 g/mol. The molecule has 0 spiro atoms. The molecule has 5 heteroatoms. The van der Waals surface area contributed by atoms with Crippen molar-refractivity contribution in [3.8, 4) is 0 Å². The molecule has 82 valence electrons. The van der Waals surface area contributed by atoms with E-state index in [1.165, 1.54) is 0 Å². The van der Waals surface area contributed by atoms with Crippen LogP contribution < -0.4 is 5.32 Å². The van der Waals surface area contributed by atoms with Crippen molar-refractivity contribution in [3.63, 3.8) is 0 Å². The van der Waals surface area contributed by atoms with E-state index in [0.29, 0.717) is 21.0 Å². The number of rotatable bonds is 2. The number of nitrogens with one attached hydrogen (secondary N) is 1. The number of hydrogen-bond acceptors (Lipinski definition) is 2. The van der Waals surface area contributed by atoms with Gasteiger partial charge in [-0.25, -0.2) is 4.98 Å². The third kappa shape index (κ3) is 2.79. The SMILES string of the molecule is Clc1ccc(Nc2cccc(Cl)n2)c(Cl)c1. The van der Waals surface area contributed by atoms with Crippen LogP contribution in [-0.2, 0) is 0 Å². The summed E-state index contributed by atoms with van der Waals surface area (Å²) in [4.78, 5) is 4.09. The molecule has 0 unspecified atom stereocenters. The van der Waals surface area contributed by atoms with Crippen molar-refractivity contribution in [2.24, 2.45) is 0 Å². The van der Waals surface area contributed by atoms with Gasteiger partial charge in [0.05, 0.1) is 10.7 Å². The highest BCUT2D eigenvalue weighted by molar-refractivity contribution is 6.36. The van der Waals surface area contributed by atoms with E-state index in [1.807, 2.05) is 6.07 Å². The Morgan fingerprint density at radius 1 is 1.00 bits per heavy atom. The van der Waals surface area contributed by atoms with Gasteiger partial charge < -0.3 is 5.32 Å². The van der Waals surface area contributed by atoms with Gasteiger partial charge in [-0.1, -0.05) is 40.9 Å². The van der Waals surface area contributed by atoms with E-state index in [9.17, 15) is 0 Å². The first-order chi connectivity index (χ1) is 7.65. The van der Waals surface area contributed by atoms with E-state index in [1.54, 1.807) is 30.3 Å². The zero-order valence-electron chi connectivity index (χ0n) is 8.05. The first kappa shape index (κ1) is 11.5. The minimum Gasteiger partial charge on any atom is -0.339 e. The molecule has 2 rings (SSSR count). The summed E-state index contributed by atoms with van der Waals surface area (Å²) in [7, 11) is 0. The third-order valence-electron chi connectivity index (χ3n) is 1.91. The summed E-state index contributed by atoms with van der Waals surface area (Å²) in [6.07, 6.45) is 0. The monoisotopic (exact) mass is 272 g/mol. The van der Waals surface area contributed by atoms with Gasteiger partial charge in [0.15, 0.2) is 0 Å². The van der Waals surface area contributed by atoms with Crippen LogP contribution >= 0.6 is 34.8 Å². The molecule has 0 aliphatic rings. The van der Waals surface area contributed by atoms with Gasteiger partial charge in [-0.3, -0.25) is 0 Å². The zero-order chi connectivity index (χ0) is 11.5. The van der Waals surface area contributed by atoms with Crippen LogP contribution in [0.5, 0.6) is 0 Å². The minimum absolute atomic E-state index is 0.426. The molecule has 0 saturated heterocycles. The van der Waals surface area contributed by atoms with E-state index >= 15 is 0 Å². The topological polar surface area (TPSA) is 24.9 Å². The van der Waals surface area contributed by atoms with Gasteiger partial charge in [0.2, 0.25) is 0 Å². The molecule has 0 radical (unpaired) electrons. The first-order valence-electron chi connectivity index (χ1n) is 4.50. The predicted octanol–water partition coefficient (Wildman–Crippen LogP) is 4.79. The maximum atomic E-state index is 6.01. The molecule has 16 heavy (non-hydrogen) atoms. The third-order valence-corrected chi connectivity index (χ3v) is 2.67. The maximum absolute atomic E-state index is 6.01. The van der Waals surface area contributed by atoms with Crippen LogP contribution in [0.4, 0.5) is 11.5 Å². The number of nitrogens with zero attached hydrogens (tertiary/aromatic N) is 1. The van der Waals surface area contributed by atoms with E-state index in [-0.39, 0.29) is 0 Å². The molecule has 1 aromatic heterocycles. The van der Waals surface area contributed by atoms with E-state index in [4.69, 9.17) is 34.8 Å². The highest BCUT2D eigenvalue weighted by atomic mass is 35.5. The van der Waals surface area contributed by atoms with Crippen molar-refractivity contribution in [1.29, 1.82) is 0 Å². The summed E-state index contributed by atoms with van der Waals surface area (Å²) in [5, 5.41) is 4.61. The number of anilines is 2. The van der Waals surface area contributed by atoms with Gasteiger partial charge >= 0.3 is 0 Å². The van der Waals surface area contributed by atoms with Crippen LogP contribution in [0.15, 0.2) is 36.4 Å². The molecule has 1 heterocycles. The summed E-state index contributed by atoms with van der Waals surface area (Å²) >= 11 is 17.6. The van der Waals surface area contributed by atoms with Gasteiger partial charge in [-0.2, -0.15) is 0 Å². The molecule has 0 fully saturated rings. The Labute approximate surface area is 108 Å². The van der Waals surface area contributed by atoms with Crippen molar-refractivity contribution in [2.75, 3.05) is 5.32 Å². The minimum atomic E-state index is 0.426. The van der Waals surface area contributed by atoms with Crippen LogP contribution in [0.1, 0.15) is 0 Å². The van der Waals surface area contributed by atoms with E-state index in [0.717, 1.165) is 5.69 Å². The molecule has 2 aromatic rings. The van der Waals surface area contributed by atoms with E-state index < -0.39 is 0 Å². The van der Waals surface area contributed by atoms with Gasteiger partial charge in [0.25, 0.3) is 0 Å². The average Bonchev–Trinajstić information content (AvgIpc) is 2.22. The summed E-state index contributed by atoms with van der Waals surface area (Å²) in [5.74, 6) is 0.636. The lowest BCUT2D eigenvalue weighted by Crippen LogP contribution is -1.93. The van der Waals surface area contributed by atoms with Crippen LogP contribution in [0.2, 0.25) is 15.2 Å². The Hall–Kier alpha value is -0.960. The van der Waals surface area contributed by atoms with Crippen molar-refractivity contribution < 1.29 is 0 Å². The van der Waals surface area contributed by atoms with Crippen LogP contribution in [-0.4, -0.2) is 4.98 Å². The fraction of sp³-hybridized carbons (Fsp3) is 0. The predicted molar refractivity (Wildman–Crippen MR) is 69.0 cm³/mol. The fourth-order valence-corrected chi connectivity index (χ4v) is 1.83. The van der Waals surface area contributed by atoms with Crippen molar-refractivity contribution in [3.05, 3.63) is 51.6 Å². The lowest BCUT2D eigenvalue weighted by Gasteiger charge is -2.07. The molecule has 0 aliphatic heterocycles. The Balaban J connectivity index is 2.27. The summed E-state index contributed by atoms with van der Waals surface area (Å²) < 4.78 is 0. The van der Waals surface area contributed by atoms with Crippen molar-refractivity contribution in [2.45, 2.75) is 0 Å². The maximum Gasteiger partial charge on any atom is 0.132 e. The van der Waals surface area contributed by atoms with Crippen molar-refractivity contribution >= 4 is 46.3 Å². The molecule has 1 N–H and O–H groups in total. The molecule has 0 amide bonds. The molecule has 1 aromatic carbocycles. The van der Waals surface area contributed by atoms with Gasteiger partial charge in [0.1, 0.15) is 11.0 Å². The molecule has 0 aliphatic carbocycles. The molecule has 0 atom stereocenters.